The van der Waals surface area contributed by atoms with Crippen LogP contribution in [0.4, 0.5) is 5.69 Å². The summed E-state index contributed by atoms with van der Waals surface area (Å²) in [6, 6.07) is 11.5. The van der Waals surface area contributed by atoms with Gasteiger partial charge in [0.2, 0.25) is 0 Å². The van der Waals surface area contributed by atoms with Crippen molar-refractivity contribution in [2.24, 2.45) is 0 Å². The van der Waals surface area contributed by atoms with Crippen molar-refractivity contribution in [3.05, 3.63) is 58.9 Å². The Morgan fingerprint density at radius 2 is 2.03 bits per heavy atom. The van der Waals surface area contributed by atoms with E-state index in [0.717, 1.165) is 24.0 Å². The molecule has 0 spiro atoms. The first kappa shape index (κ1) is 21.3. The molecule has 2 N–H and O–H groups in total. The van der Waals surface area contributed by atoms with Gasteiger partial charge in [-0.25, -0.2) is 9.78 Å². The summed E-state index contributed by atoms with van der Waals surface area (Å²) in [5.41, 5.74) is 8.02. The van der Waals surface area contributed by atoms with E-state index in [4.69, 9.17) is 10.5 Å². The average molecular weight is 406 g/mol. The van der Waals surface area contributed by atoms with Crippen molar-refractivity contribution in [3.63, 3.8) is 0 Å². The third-order valence-corrected chi connectivity index (χ3v) is 5.46. The standard InChI is InChI=1S/C23H26N4O3/c1-4-30-22(29)19-12-18(25)17(13-26-19)21(28)27-11-5-6-20(27)15-7-9-16(10-8-15)23(2,3)14-24/h7-10,12-13,20H,4-6,11H2,1-3H3,(H2,25,26)/t20-/m1/s1. The Balaban J connectivity index is 1.83. The third kappa shape index (κ3) is 4.13. The molecule has 1 saturated heterocycles. The van der Waals surface area contributed by atoms with Crippen molar-refractivity contribution in [2.45, 2.75) is 45.1 Å². The van der Waals surface area contributed by atoms with E-state index >= 15 is 0 Å². The van der Waals surface area contributed by atoms with E-state index < -0.39 is 11.4 Å². The largest absolute Gasteiger partial charge is 0.461 e. The molecule has 1 amide bonds. The summed E-state index contributed by atoms with van der Waals surface area (Å²) in [4.78, 5) is 30.9. The Morgan fingerprint density at radius 1 is 1.33 bits per heavy atom. The Hall–Kier alpha value is -3.40. The van der Waals surface area contributed by atoms with Gasteiger partial charge in [-0.2, -0.15) is 5.26 Å². The normalized spacial score (nSPS) is 16.2. The number of aromatic nitrogens is 1. The van der Waals surface area contributed by atoms with Gasteiger partial charge in [-0.1, -0.05) is 24.3 Å². The molecule has 0 aliphatic carbocycles. The maximum Gasteiger partial charge on any atom is 0.356 e. The van der Waals surface area contributed by atoms with Gasteiger partial charge in [-0.05, 0) is 50.8 Å². The van der Waals surface area contributed by atoms with E-state index in [-0.39, 0.29) is 35.5 Å². The van der Waals surface area contributed by atoms with E-state index in [9.17, 15) is 14.9 Å². The predicted molar refractivity (Wildman–Crippen MR) is 113 cm³/mol. The number of likely N-dealkylation sites (tertiary alicyclic amines) is 1. The number of hydrogen-bond donors (Lipinski definition) is 1. The molecule has 1 aliphatic rings. The van der Waals surface area contributed by atoms with Crippen molar-refractivity contribution in [1.29, 1.82) is 5.26 Å². The van der Waals surface area contributed by atoms with E-state index in [1.54, 1.807) is 11.8 Å². The monoisotopic (exact) mass is 406 g/mol. The van der Waals surface area contributed by atoms with Crippen LogP contribution in [0.3, 0.4) is 0 Å². The highest BCUT2D eigenvalue weighted by atomic mass is 16.5. The lowest BCUT2D eigenvalue weighted by Gasteiger charge is -2.26. The van der Waals surface area contributed by atoms with Gasteiger partial charge < -0.3 is 15.4 Å². The highest BCUT2D eigenvalue weighted by molar-refractivity contribution is 6.00. The highest BCUT2D eigenvalue weighted by Gasteiger charge is 2.32. The SMILES string of the molecule is CCOC(=O)c1cc(N)c(C(=O)N2CCC[C@@H]2c2ccc(C(C)(C)C#N)cc2)cn1. The fourth-order valence-electron chi connectivity index (χ4n) is 3.66. The van der Waals surface area contributed by atoms with Gasteiger partial charge in [0.25, 0.3) is 5.91 Å². The molecule has 0 saturated carbocycles. The number of nitrogens with zero attached hydrogens (tertiary/aromatic N) is 3. The van der Waals surface area contributed by atoms with Gasteiger partial charge in [0.1, 0.15) is 5.69 Å². The Morgan fingerprint density at radius 3 is 2.63 bits per heavy atom. The Kier molecular flexibility index (Phi) is 6.06. The second-order valence-corrected chi connectivity index (χ2v) is 7.89. The van der Waals surface area contributed by atoms with Crippen molar-refractivity contribution >= 4 is 17.6 Å². The molecule has 1 aromatic carbocycles. The quantitative estimate of drug-likeness (QED) is 0.760. The number of amides is 1. The van der Waals surface area contributed by atoms with Gasteiger partial charge in [0, 0.05) is 18.4 Å². The lowest BCUT2D eigenvalue weighted by molar-refractivity contribution is 0.0518. The van der Waals surface area contributed by atoms with Crippen LogP contribution in [-0.2, 0) is 10.2 Å². The number of pyridine rings is 1. The minimum absolute atomic E-state index is 0.0686. The second-order valence-electron chi connectivity index (χ2n) is 7.89. The number of ether oxygens (including phenoxy) is 1. The summed E-state index contributed by atoms with van der Waals surface area (Å²) < 4.78 is 4.93. The van der Waals surface area contributed by atoms with Crippen LogP contribution in [-0.4, -0.2) is 34.9 Å². The molecule has 7 heteroatoms. The molecular weight excluding hydrogens is 380 g/mol. The molecule has 7 nitrogen and oxygen atoms in total. The molecular formula is C23H26N4O3. The predicted octanol–water partition coefficient (Wildman–Crippen LogP) is 3.62. The lowest BCUT2D eigenvalue weighted by Crippen LogP contribution is -2.31. The van der Waals surface area contributed by atoms with Crippen LogP contribution in [0, 0.1) is 11.3 Å². The smallest absolute Gasteiger partial charge is 0.356 e. The molecule has 1 aromatic heterocycles. The summed E-state index contributed by atoms with van der Waals surface area (Å²) in [7, 11) is 0. The van der Waals surface area contributed by atoms with E-state index in [2.05, 4.69) is 11.1 Å². The van der Waals surface area contributed by atoms with Crippen molar-refractivity contribution in [1.82, 2.24) is 9.88 Å². The van der Waals surface area contributed by atoms with Crippen LogP contribution in [0.1, 0.15) is 71.6 Å². The van der Waals surface area contributed by atoms with Crippen LogP contribution >= 0.6 is 0 Å². The number of nitrogens with two attached hydrogens (primary N) is 1. The second kappa shape index (κ2) is 8.54. The van der Waals surface area contributed by atoms with Gasteiger partial charge >= 0.3 is 5.97 Å². The first-order valence-corrected chi connectivity index (χ1v) is 10.0. The van der Waals surface area contributed by atoms with Gasteiger partial charge in [0.05, 0.1) is 29.7 Å². The minimum atomic E-state index is -0.567. The molecule has 2 aromatic rings. The molecule has 0 radical (unpaired) electrons. The fraction of sp³-hybridized carbons (Fsp3) is 0.391. The van der Waals surface area contributed by atoms with Crippen molar-refractivity contribution < 1.29 is 14.3 Å². The molecule has 0 bridgehead atoms. The third-order valence-electron chi connectivity index (χ3n) is 5.46. The van der Waals surface area contributed by atoms with E-state index in [1.165, 1.54) is 12.3 Å². The van der Waals surface area contributed by atoms with E-state index in [0.29, 0.717) is 6.54 Å². The molecule has 3 rings (SSSR count). The molecule has 0 unspecified atom stereocenters. The number of carbonyl (C=O) groups is 2. The van der Waals surface area contributed by atoms with Gasteiger partial charge in [-0.3, -0.25) is 4.79 Å². The molecule has 30 heavy (non-hydrogen) atoms. The minimum Gasteiger partial charge on any atom is -0.461 e. The topological polar surface area (TPSA) is 109 Å². The number of nitriles is 1. The maximum atomic E-state index is 13.2. The fourth-order valence-corrected chi connectivity index (χ4v) is 3.66. The Bertz CT molecular complexity index is 992. The van der Waals surface area contributed by atoms with Crippen LogP contribution < -0.4 is 5.73 Å². The van der Waals surface area contributed by atoms with Crippen LogP contribution in [0.5, 0.6) is 0 Å². The van der Waals surface area contributed by atoms with Crippen molar-refractivity contribution in [3.8, 4) is 6.07 Å². The van der Waals surface area contributed by atoms with Crippen LogP contribution in [0.25, 0.3) is 0 Å². The average Bonchev–Trinajstić information content (AvgIpc) is 3.23. The summed E-state index contributed by atoms with van der Waals surface area (Å²) in [5, 5.41) is 9.33. The zero-order valence-electron chi connectivity index (χ0n) is 17.5. The maximum absolute atomic E-state index is 13.2. The summed E-state index contributed by atoms with van der Waals surface area (Å²) in [5.74, 6) is -0.776. The zero-order chi connectivity index (χ0) is 21.9. The molecule has 1 atom stereocenters. The summed E-state index contributed by atoms with van der Waals surface area (Å²) in [6.07, 6.45) is 3.08. The number of esters is 1. The molecule has 156 valence electrons. The molecule has 1 aliphatic heterocycles. The summed E-state index contributed by atoms with van der Waals surface area (Å²) >= 11 is 0. The number of carbonyl (C=O) groups excluding carboxylic acids is 2. The first-order valence-electron chi connectivity index (χ1n) is 10.0. The molecule has 1 fully saturated rings. The number of anilines is 1. The zero-order valence-corrected chi connectivity index (χ0v) is 17.5. The summed E-state index contributed by atoms with van der Waals surface area (Å²) in [6.45, 7) is 6.32. The van der Waals surface area contributed by atoms with Crippen LogP contribution in [0.15, 0.2) is 36.5 Å². The number of hydrogen-bond acceptors (Lipinski definition) is 6. The first-order chi connectivity index (χ1) is 14.3. The van der Waals surface area contributed by atoms with Crippen molar-refractivity contribution in [2.75, 3.05) is 18.9 Å². The lowest BCUT2D eigenvalue weighted by atomic mass is 9.85. The molecule has 2 heterocycles. The Labute approximate surface area is 176 Å². The van der Waals surface area contributed by atoms with Gasteiger partial charge in [0.15, 0.2) is 0 Å². The number of benzene rings is 1. The van der Waals surface area contributed by atoms with E-state index in [1.807, 2.05) is 38.1 Å². The highest BCUT2D eigenvalue weighted by Crippen LogP contribution is 2.35. The van der Waals surface area contributed by atoms with Gasteiger partial charge in [-0.15, -0.1) is 0 Å². The van der Waals surface area contributed by atoms with Crippen LogP contribution in [0.2, 0.25) is 0 Å². The number of rotatable bonds is 5. The number of nitrogen functional groups attached to an aromatic ring is 1.